The summed E-state index contributed by atoms with van der Waals surface area (Å²) in [6, 6.07) is 23.2. The summed E-state index contributed by atoms with van der Waals surface area (Å²) < 4.78 is 5.67. The molecule has 3 aromatic carbocycles. The number of benzene rings is 3. The fourth-order valence-corrected chi connectivity index (χ4v) is 3.97. The number of hydrogen-bond acceptors (Lipinski definition) is 4. The molecule has 0 saturated carbocycles. The zero-order valence-corrected chi connectivity index (χ0v) is 18.4. The van der Waals surface area contributed by atoms with Crippen LogP contribution in [0.4, 0.5) is 0 Å². The second-order valence-corrected chi connectivity index (χ2v) is 7.95. The first-order valence-corrected chi connectivity index (χ1v) is 10.7. The molecule has 0 aliphatic carbocycles. The van der Waals surface area contributed by atoms with E-state index in [4.69, 9.17) is 4.74 Å². The largest absolute Gasteiger partial charge is 0.507 e. The quantitative estimate of drug-likeness (QED) is 0.238. The molecule has 0 aromatic heterocycles. The monoisotopic (exact) mass is 439 g/mol. The second kappa shape index (κ2) is 9.57. The third-order valence-electron chi connectivity index (χ3n) is 5.60. The van der Waals surface area contributed by atoms with Gasteiger partial charge in [-0.25, -0.2) is 0 Å². The van der Waals surface area contributed by atoms with Gasteiger partial charge in [-0.15, -0.1) is 0 Å². The van der Waals surface area contributed by atoms with Gasteiger partial charge in [0.05, 0.1) is 11.6 Å². The molecule has 1 unspecified atom stereocenters. The molecular weight excluding hydrogens is 414 g/mol. The Kier molecular flexibility index (Phi) is 6.41. The number of Topliss-reactive ketones (excluding diaryl/α,β-unsaturated/α-hetero) is 1. The van der Waals surface area contributed by atoms with E-state index in [1.807, 2.05) is 61.5 Å². The van der Waals surface area contributed by atoms with Crippen molar-refractivity contribution in [1.82, 2.24) is 4.90 Å². The molecule has 3 aromatic rings. The lowest BCUT2D eigenvalue weighted by Gasteiger charge is -2.26. The van der Waals surface area contributed by atoms with Crippen LogP contribution in [-0.2, 0) is 16.1 Å². The first-order valence-electron chi connectivity index (χ1n) is 10.7. The maximum atomic E-state index is 13.2. The number of aliphatic hydroxyl groups excluding tert-OH is 1. The molecule has 1 N–H and O–H groups in total. The van der Waals surface area contributed by atoms with Crippen molar-refractivity contribution in [2.24, 2.45) is 0 Å². The first kappa shape index (κ1) is 22.1. The van der Waals surface area contributed by atoms with Gasteiger partial charge in [-0.05, 0) is 30.2 Å². The second-order valence-electron chi connectivity index (χ2n) is 7.95. The van der Waals surface area contributed by atoms with E-state index in [1.54, 1.807) is 30.3 Å². The Hall–Kier alpha value is -4.12. The summed E-state index contributed by atoms with van der Waals surface area (Å²) in [4.78, 5) is 27.8. The lowest BCUT2D eigenvalue weighted by Crippen LogP contribution is -2.29. The fourth-order valence-electron chi connectivity index (χ4n) is 3.97. The van der Waals surface area contributed by atoms with Gasteiger partial charge in [0.25, 0.3) is 11.7 Å². The van der Waals surface area contributed by atoms with Crippen molar-refractivity contribution in [1.29, 1.82) is 0 Å². The minimum atomic E-state index is -0.751. The van der Waals surface area contributed by atoms with E-state index in [0.717, 1.165) is 11.1 Å². The van der Waals surface area contributed by atoms with Crippen molar-refractivity contribution in [3.05, 3.63) is 119 Å². The maximum Gasteiger partial charge on any atom is 0.295 e. The molecule has 4 rings (SSSR count). The fraction of sp³-hybridized carbons (Fsp3) is 0.143. The number of hydrogen-bond donors (Lipinski definition) is 1. The molecule has 5 nitrogen and oxygen atoms in total. The van der Waals surface area contributed by atoms with Crippen LogP contribution in [0.5, 0.6) is 5.75 Å². The van der Waals surface area contributed by atoms with Crippen LogP contribution < -0.4 is 4.74 Å². The maximum absolute atomic E-state index is 13.2. The minimum Gasteiger partial charge on any atom is -0.507 e. The van der Waals surface area contributed by atoms with Crippen LogP contribution in [0.25, 0.3) is 5.76 Å². The molecule has 1 atom stereocenters. The van der Waals surface area contributed by atoms with Gasteiger partial charge in [-0.2, -0.15) is 0 Å². The van der Waals surface area contributed by atoms with E-state index in [0.29, 0.717) is 23.5 Å². The van der Waals surface area contributed by atoms with E-state index in [2.05, 4.69) is 6.58 Å². The van der Waals surface area contributed by atoms with E-state index in [-0.39, 0.29) is 17.9 Å². The lowest BCUT2D eigenvalue weighted by atomic mass is 9.94. The predicted molar refractivity (Wildman–Crippen MR) is 128 cm³/mol. The van der Waals surface area contributed by atoms with Crippen molar-refractivity contribution < 1.29 is 19.4 Å². The molecule has 0 spiro atoms. The third kappa shape index (κ3) is 4.58. The Morgan fingerprint density at radius 3 is 2.45 bits per heavy atom. The van der Waals surface area contributed by atoms with Crippen molar-refractivity contribution in [2.45, 2.75) is 19.5 Å². The van der Waals surface area contributed by atoms with Crippen LogP contribution in [0.2, 0.25) is 0 Å². The highest BCUT2D eigenvalue weighted by Crippen LogP contribution is 2.41. The summed E-state index contributed by atoms with van der Waals surface area (Å²) in [5.74, 6) is -0.944. The number of carbonyl (C=O) groups excluding carboxylic acids is 2. The average molecular weight is 440 g/mol. The number of ketones is 1. The Balaban J connectivity index is 1.84. The van der Waals surface area contributed by atoms with Gasteiger partial charge in [0.15, 0.2) is 0 Å². The van der Waals surface area contributed by atoms with Crippen LogP contribution in [0.1, 0.15) is 28.3 Å². The van der Waals surface area contributed by atoms with Crippen LogP contribution in [0.3, 0.4) is 0 Å². The lowest BCUT2D eigenvalue weighted by molar-refractivity contribution is -0.140. The molecule has 33 heavy (non-hydrogen) atoms. The van der Waals surface area contributed by atoms with Crippen LogP contribution in [-0.4, -0.2) is 28.3 Å². The summed E-state index contributed by atoms with van der Waals surface area (Å²) in [5, 5.41) is 11.2. The zero-order valence-electron chi connectivity index (χ0n) is 18.4. The summed E-state index contributed by atoms with van der Waals surface area (Å²) >= 11 is 0. The average Bonchev–Trinajstić information content (AvgIpc) is 3.08. The van der Waals surface area contributed by atoms with Crippen LogP contribution >= 0.6 is 0 Å². The number of amides is 1. The molecule has 1 aliphatic heterocycles. The SMILES string of the molecule is C=CCOc1cccc(C2C(=C(O)c3ccc(C)cc3)C(=O)C(=O)N2Cc2ccccc2)c1. The topological polar surface area (TPSA) is 66.8 Å². The van der Waals surface area contributed by atoms with Crippen molar-refractivity contribution in [3.8, 4) is 5.75 Å². The number of aliphatic hydroxyl groups is 1. The van der Waals surface area contributed by atoms with E-state index >= 15 is 0 Å². The van der Waals surface area contributed by atoms with Crippen LogP contribution in [0.15, 0.2) is 97.1 Å². The normalized spacial score (nSPS) is 17.2. The number of ether oxygens (including phenoxy) is 1. The van der Waals surface area contributed by atoms with E-state index in [1.165, 1.54) is 4.90 Å². The molecule has 5 heteroatoms. The highest BCUT2D eigenvalue weighted by molar-refractivity contribution is 6.46. The summed E-state index contributed by atoms with van der Waals surface area (Å²) in [5.41, 5.74) is 3.15. The van der Waals surface area contributed by atoms with Crippen LogP contribution in [0, 0.1) is 6.92 Å². The standard InChI is InChI=1S/C28H25NO4/c1-3-16-33-23-11-7-10-22(17-23)25-24(26(30)21-14-12-19(2)13-15-21)27(31)28(32)29(25)18-20-8-5-4-6-9-20/h3-15,17,25,30H,1,16,18H2,2H3. The highest BCUT2D eigenvalue weighted by Gasteiger charge is 2.46. The van der Waals surface area contributed by atoms with Gasteiger partial charge in [0.1, 0.15) is 18.1 Å². The number of rotatable bonds is 7. The highest BCUT2D eigenvalue weighted by atomic mass is 16.5. The molecule has 1 fully saturated rings. The van der Waals surface area contributed by atoms with Crippen molar-refractivity contribution in [3.63, 3.8) is 0 Å². The number of likely N-dealkylation sites (tertiary alicyclic amines) is 1. The van der Waals surface area contributed by atoms with Gasteiger partial charge < -0.3 is 14.7 Å². The Morgan fingerprint density at radius 1 is 1.03 bits per heavy atom. The number of aryl methyl sites for hydroxylation is 1. The van der Waals surface area contributed by atoms with Gasteiger partial charge in [-0.1, -0.05) is 84.9 Å². The Morgan fingerprint density at radius 2 is 1.76 bits per heavy atom. The zero-order chi connectivity index (χ0) is 23.4. The molecule has 0 bridgehead atoms. The number of nitrogens with zero attached hydrogens (tertiary/aromatic N) is 1. The number of carbonyl (C=O) groups is 2. The third-order valence-corrected chi connectivity index (χ3v) is 5.60. The molecule has 1 heterocycles. The Bertz CT molecular complexity index is 1210. The minimum absolute atomic E-state index is 0.0701. The van der Waals surface area contributed by atoms with E-state index in [9.17, 15) is 14.7 Å². The summed E-state index contributed by atoms with van der Waals surface area (Å²) in [6.45, 7) is 6.17. The van der Waals surface area contributed by atoms with Gasteiger partial charge in [0.2, 0.25) is 0 Å². The molecule has 1 saturated heterocycles. The molecule has 1 amide bonds. The smallest absolute Gasteiger partial charge is 0.295 e. The van der Waals surface area contributed by atoms with Gasteiger partial charge >= 0.3 is 0 Å². The summed E-state index contributed by atoms with van der Waals surface area (Å²) in [6.07, 6.45) is 1.64. The van der Waals surface area contributed by atoms with Gasteiger partial charge in [-0.3, -0.25) is 9.59 Å². The first-order chi connectivity index (χ1) is 16.0. The van der Waals surface area contributed by atoms with Crippen molar-refractivity contribution in [2.75, 3.05) is 6.61 Å². The van der Waals surface area contributed by atoms with Gasteiger partial charge in [0, 0.05) is 12.1 Å². The molecule has 166 valence electrons. The molecule has 0 radical (unpaired) electrons. The summed E-state index contributed by atoms with van der Waals surface area (Å²) in [7, 11) is 0. The Labute approximate surface area is 193 Å². The molecule has 1 aliphatic rings. The van der Waals surface area contributed by atoms with E-state index < -0.39 is 17.7 Å². The van der Waals surface area contributed by atoms with Crippen molar-refractivity contribution >= 4 is 17.4 Å². The predicted octanol–water partition coefficient (Wildman–Crippen LogP) is 5.18. The molecular formula is C28H25NO4.